The van der Waals surface area contributed by atoms with Gasteiger partial charge in [0, 0.05) is 30.6 Å². The normalized spacial score (nSPS) is 26.4. The fourth-order valence-corrected chi connectivity index (χ4v) is 6.71. The number of aliphatic hydroxyl groups excluding tert-OH is 1. The standard InChI is InChI=1S/C32H35FN4O6S/c1-34-44(2,39)36-22-12-10-20(11-13-22)19-6-8-21(9-7-19)30-23(33)15-25-24(35-30)16-29(37(25)28-5-3-4-14-40-28)43-27-18-42-31-26(38)17-41-32(27)31/h6-13,15-16,26-28,31-32,38H,3-5,14,17-18H2,1-2H3,(H,34,36,39)/t26-,27-,28?,31?,32?,44?/m1/s1. The molecule has 3 fully saturated rings. The third-order valence-corrected chi connectivity index (χ3v) is 9.77. The van der Waals surface area contributed by atoms with Crippen LogP contribution in [-0.4, -0.2) is 76.4 Å². The number of fused-ring (bicyclic) bond motifs is 2. The molecule has 10 nitrogen and oxygen atoms in total. The van der Waals surface area contributed by atoms with Gasteiger partial charge in [0.2, 0.25) is 0 Å². The molecule has 0 saturated carbocycles. The molecule has 2 aromatic carbocycles. The zero-order valence-corrected chi connectivity index (χ0v) is 25.3. The van der Waals surface area contributed by atoms with Gasteiger partial charge in [0.25, 0.3) is 0 Å². The fraction of sp³-hybridized carbons (Fsp3) is 0.406. The number of aliphatic hydroxyl groups is 1. The number of nitrogens with one attached hydrogen (secondary N) is 1. The molecule has 12 heteroatoms. The van der Waals surface area contributed by atoms with E-state index in [1.165, 1.54) is 6.07 Å². The molecule has 0 spiro atoms. The minimum absolute atomic E-state index is 0.207. The van der Waals surface area contributed by atoms with Gasteiger partial charge >= 0.3 is 0 Å². The minimum Gasteiger partial charge on any atom is -0.470 e. The fourth-order valence-electron chi connectivity index (χ4n) is 6.10. The molecule has 0 bridgehead atoms. The topological polar surface area (TPSA) is 116 Å². The average molecular weight is 623 g/mol. The molecule has 3 aliphatic heterocycles. The molecule has 2 N–H and O–H groups in total. The lowest BCUT2D eigenvalue weighted by atomic mass is 10.0. The van der Waals surface area contributed by atoms with Gasteiger partial charge in [-0.2, -0.15) is 4.36 Å². The van der Waals surface area contributed by atoms with Crippen molar-refractivity contribution in [1.82, 2.24) is 14.3 Å². The van der Waals surface area contributed by atoms with Crippen molar-refractivity contribution in [2.45, 2.75) is 49.9 Å². The lowest BCUT2D eigenvalue weighted by Gasteiger charge is -2.27. The first-order valence-electron chi connectivity index (χ1n) is 14.8. The molecule has 6 atom stereocenters. The molecule has 2 aromatic heterocycles. The molecule has 232 valence electrons. The van der Waals surface area contributed by atoms with Crippen LogP contribution < -0.4 is 9.46 Å². The van der Waals surface area contributed by atoms with Crippen molar-refractivity contribution in [1.29, 1.82) is 0 Å². The Bertz CT molecular complexity index is 1780. The van der Waals surface area contributed by atoms with Gasteiger partial charge in [0.15, 0.2) is 17.8 Å². The third kappa shape index (κ3) is 5.62. The molecular formula is C32H35FN4O6S. The third-order valence-electron chi connectivity index (χ3n) is 8.46. The van der Waals surface area contributed by atoms with Crippen LogP contribution in [0.3, 0.4) is 0 Å². The minimum atomic E-state index is -2.48. The summed E-state index contributed by atoms with van der Waals surface area (Å²) in [6, 6.07) is 18.3. The van der Waals surface area contributed by atoms with Gasteiger partial charge in [-0.1, -0.05) is 36.4 Å². The van der Waals surface area contributed by atoms with Crippen molar-refractivity contribution in [3.8, 4) is 28.3 Å². The predicted molar refractivity (Wildman–Crippen MR) is 165 cm³/mol. The van der Waals surface area contributed by atoms with Crippen molar-refractivity contribution in [3.63, 3.8) is 0 Å². The van der Waals surface area contributed by atoms with Crippen LogP contribution in [0.25, 0.3) is 33.4 Å². The molecule has 7 rings (SSSR count). The number of hydrogen-bond donors (Lipinski definition) is 2. The summed E-state index contributed by atoms with van der Waals surface area (Å²) in [5.41, 5.74) is 4.58. The van der Waals surface area contributed by atoms with Crippen LogP contribution in [0.2, 0.25) is 0 Å². The van der Waals surface area contributed by atoms with E-state index in [4.69, 9.17) is 23.9 Å². The summed E-state index contributed by atoms with van der Waals surface area (Å²) >= 11 is 0. The highest BCUT2D eigenvalue weighted by Gasteiger charge is 2.48. The second-order valence-electron chi connectivity index (χ2n) is 11.4. The van der Waals surface area contributed by atoms with Gasteiger partial charge < -0.3 is 24.1 Å². The Hall–Kier alpha value is -3.39. The number of benzene rings is 2. The average Bonchev–Trinajstić information content (AvgIpc) is 3.72. The summed E-state index contributed by atoms with van der Waals surface area (Å²) in [6.45, 7) is 1.10. The molecular weight excluding hydrogens is 587 g/mol. The van der Waals surface area contributed by atoms with Gasteiger partial charge in [-0.05, 0) is 49.6 Å². The highest BCUT2D eigenvalue weighted by atomic mass is 32.2. The molecule has 0 aliphatic carbocycles. The maximum Gasteiger partial charge on any atom is 0.198 e. The Morgan fingerprint density at radius 1 is 1.00 bits per heavy atom. The zero-order valence-electron chi connectivity index (χ0n) is 24.5. The maximum atomic E-state index is 15.8. The van der Waals surface area contributed by atoms with Crippen LogP contribution in [0.15, 0.2) is 65.0 Å². The zero-order chi connectivity index (χ0) is 30.4. The van der Waals surface area contributed by atoms with Crippen LogP contribution >= 0.6 is 0 Å². The van der Waals surface area contributed by atoms with Crippen LogP contribution in [0.4, 0.5) is 10.1 Å². The Labute approximate surface area is 255 Å². The Kier molecular flexibility index (Phi) is 7.89. The van der Waals surface area contributed by atoms with Crippen molar-refractivity contribution in [2.75, 3.05) is 33.1 Å². The number of hydrogen-bond acceptors (Lipinski definition) is 8. The number of halogens is 1. The van der Waals surface area contributed by atoms with Crippen LogP contribution in [0.1, 0.15) is 25.5 Å². The molecule has 3 aliphatic rings. The Morgan fingerprint density at radius 2 is 1.70 bits per heavy atom. The van der Waals surface area contributed by atoms with Crippen LogP contribution in [-0.2, 0) is 24.1 Å². The van der Waals surface area contributed by atoms with Gasteiger partial charge in [-0.25, -0.2) is 18.3 Å². The van der Waals surface area contributed by atoms with Crippen molar-refractivity contribution < 1.29 is 32.7 Å². The van der Waals surface area contributed by atoms with Gasteiger partial charge in [-0.15, -0.1) is 0 Å². The lowest BCUT2D eigenvalue weighted by Crippen LogP contribution is -2.35. The molecule has 0 amide bonds. The summed E-state index contributed by atoms with van der Waals surface area (Å²) < 4.78 is 60.9. The summed E-state index contributed by atoms with van der Waals surface area (Å²) in [5.74, 6) is 0.0615. The predicted octanol–water partition coefficient (Wildman–Crippen LogP) is 4.98. The van der Waals surface area contributed by atoms with Crippen LogP contribution in [0.5, 0.6) is 5.88 Å². The smallest absolute Gasteiger partial charge is 0.198 e. The van der Waals surface area contributed by atoms with E-state index in [-0.39, 0.29) is 31.2 Å². The summed E-state index contributed by atoms with van der Waals surface area (Å²) in [7, 11) is -0.866. The first-order chi connectivity index (χ1) is 21.3. The number of aromatic nitrogens is 2. The molecule has 4 aromatic rings. The largest absolute Gasteiger partial charge is 0.470 e. The second-order valence-corrected chi connectivity index (χ2v) is 13.6. The van der Waals surface area contributed by atoms with E-state index in [1.807, 2.05) is 59.2 Å². The molecule has 3 saturated heterocycles. The number of pyridine rings is 1. The van der Waals surface area contributed by atoms with Gasteiger partial charge in [-0.3, -0.25) is 4.57 Å². The van der Waals surface area contributed by atoms with Crippen molar-refractivity contribution in [2.24, 2.45) is 4.36 Å². The Morgan fingerprint density at radius 3 is 2.41 bits per heavy atom. The number of nitrogens with zero attached hydrogens (tertiary/aromatic N) is 3. The first kappa shape index (κ1) is 29.3. The van der Waals surface area contributed by atoms with E-state index in [0.29, 0.717) is 34.8 Å². The summed E-state index contributed by atoms with van der Waals surface area (Å²) in [4.78, 5) is 4.75. The highest BCUT2D eigenvalue weighted by molar-refractivity contribution is 7.91. The Balaban J connectivity index is 1.19. The SMILES string of the molecule is CNS(C)(=O)=Nc1ccc(-c2ccc(-c3nc4cc(O[C@@H]5COC6C5OC[C@H]6O)n(C5CCCCO5)c4cc3F)cc2)cc1. The molecule has 44 heavy (non-hydrogen) atoms. The van der Waals surface area contributed by atoms with E-state index in [1.54, 1.807) is 13.3 Å². The summed E-state index contributed by atoms with van der Waals surface area (Å²) in [5, 5.41) is 10.2. The quantitative estimate of drug-likeness (QED) is 0.299. The van der Waals surface area contributed by atoms with E-state index < -0.39 is 34.0 Å². The molecule has 5 heterocycles. The molecule has 4 unspecified atom stereocenters. The lowest BCUT2D eigenvalue weighted by molar-refractivity contribution is -0.0392. The monoisotopic (exact) mass is 622 g/mol. The van der Waals surface area contributed by atoms with Gasteiger partial charge in [0.05, 0.1) is 29.9 Å². The number of rotatable bonds is 7. The highest BCUT2D eigenvalue weighted by Crippen LogP contribution is 2.38. The van der Waals surface area contributed by atoms with Crippen LogP contribution in [0, 0.1) is 5.82 Å². The summed E-state index contributed by atoms with van der Waals surface area (Å²) in [6.07, 6.45) is 2.07. The maximum absolute atomic E-state index is 15.8. The van der Waals surface area contributed by atoms with E-state index in [0.717, 1.165) is 30.4 Å². The van der Waals surface area contributed by atoms with E-state index in [2.05, 4.69) is 9.08 Å². The number of ether oxygens (including phenoxy) is 4. The van der Waals surface area contributed by atoms with Crippen molar-refractivity contribution in [3.05, 3.63) is 66.5 Å². The van der Waals surface area contributed by atoms with E-state index >= 15 is 4.39 Å². The second kappa shape index (κ2) is 11.8. The van der Waals surface area contributed by atoms with Crippen molar-refractivity contribution >= 4 is 26.6 Å². The first-order valence-corrected chi connectivity index (χ1v) is 16.7. The van der Waals surface area contributed by atoms with E-state index in [9.17, 15) is 9.32 Å². The molecule has 0 radical (unpaired) electrons. The van der Waals surface area contributed by atoms with Gasteiger partial charge in [0.1, 0.15) is 40.1 Å².